The second-order valence-corrected chi connectivity index (χ2v) is 7.89. The zero-order valence-corrected chi connectivity index (χ0v) is 15.3. The van der Waals surface area contributed by atoms with Crippen LogP contribution in [0.1, 0.15) is 20.1 Å². The maximum atomic E-state index is 12.1. The number of sulfonamides is 1. The van der Waals surface area contributed by atoms with Crippen molar-refractivity contribution < 1.29 is 22.6 Å². The van der Waals surface area contributed by atoms with Crippen LogP contribution in [-0.2, 0) is 24.2 Å². The first kappa shape index (κ1) is 19.8. The number of H-pyrrole nitrogens is 1. The summed E-state index contributed by atoms with van der Waals surface area (Å²) >= 11 is 0. The summed E-state index contributed by atoms with van der Waals surface area (Å²) in [7, 11) is -0.856. The molecule has 4 atom stereocenters. The summed E-state index contributed by atoms with van der Waals surface area (Å²) in [6.45, 7) is 3.60. The van der Waals surface area contributed by atoms with Gasteiger partial charge in [0, 0.05) is 19.4 Å². The molecular formula is C14H23N3O7S. The van der Waals surface area contributed by atoms with E-state index in [1.165, 1.54) is 26.4 Å². The van der Waals surface area contributed by atoms with Crippen LogP contribution in [0.3, 0.4) is 0 Å². The van der Waals surface area contributed by atoms with Crippen LogP contribution in [0.25, 0.3) is 0 Å². The summed E-state index contributed by atoms with van der Waals surface area (Å²) < 4.78 is 44.3. The lowest BCUT2D eigenvalue weighted by Gasteiger charge is -2.25. The summed E-state index contributed by atoms with van der Waals surface area (Å²) in [5.41, 5.74) is -1.22. The van der Waals surface area contributed by atoms with Crippen LogP contribution < -0.4 is 16.0 Å². The molecule has 0 amide bonds. The lowest BCUT2D eigenvalue weighted by Crippen LogP contribution is -2.42. The Balaban J connectivity index is 2.41. The van der Waals surface area contributed by atoms with E-state index >= 15 is 0 Å². The summed E-state index contributed by atoms with van der Waals surface area (Å²) in [4.78, 5) is 25.5. The van der Waals surface area contributed by atoms with E-state index in [4.69, 9.17) is 14.2 Å². The van der Waals surface area contributed by atoms with Gasteiger partial charge in [0.15, 0.2) is 6.23 Å². The average molecular weight is 377 g/mol. The number of ether oxygens (including phenoxy) is 3. The first-order valence-electron chi connectivity index (χ1n) is 7.75. The minimum atomic E-state index is -3.58. The number of aromatic nitrogens is 2. The molecule has 1 aliphatic heterocycles. The Morgan fingerprint density at radius 2 is 2.04 bits per heavy atom. The van der Waals surface area contributed by atoms with Gasteiger partial charge in [-0.3, -0.25) is 14.3 Å². The fraction of sp³-hybridized carbons (Fsp3) is 0.714. The molecule has 1 aromatic rings. The van der Waals surface area contributed by atoms with E-state index in [0.717, 1.165) is 4.57 Å². The van der Waals surface area contributed by atoms with Crippen molar-refractivity contribution in [1.82, 2.24) is 14.3 Å². The fourth-order valence-electron chi connectivity index (χ4n) is 2.72. The molecule has 1 unspecified atom stereocenters. The summed E-state index contributed by atoms with van der Waals surface area (Å²) in [5.74, 6) is -0.352. The molecule has 1 fully saturated rings. The van der Waals surface area contributed by atoms with E-state index in [-0.39, 0.29) is 11.9 Å². The van der Waals surface area contributed by atoms with Crippen molar-refractivity contribution in [1.29, 1.82) is 0 Å². The predicted molar refractivity (Wildman–Crippen MR) is 88.9 cm³/mol. The van der Waals surface area contributed by atoms with Crippen molar-refractivity contribution in [3.05, 3.63) is 33.1 Å². The minimum absolute atomic E-state index is 0.211. The van der Waals surface area contributed by atoms with Gasteiger partial charge in [0.1, 0.15) is 18.3 Å². The van der Waals surface area contributed by atoms with Gasteiger partial charge in [-0.1, -0.05) is 0 Å². The van der Waals surface area contributed by atoms with E-state index in [1.807, 2.05) is 0 Å². The van der Waals surface area contributed by atoms with Gasteiger partial charge in [-0.25, -0.2) is 17.9 Å². The predicted octanol–water partition coefficient (Wildman–Crippen LogP) is -1.21. The Kier molecular flexibility index (Phi) is 6.16. The third kappa shape index (κ3) is 4.55. The molecule has 0 bridgehead atoms. The molecule has 2 N–H and O–H groups in total. The van der Waals surface area contributed by atoms with Crippen molar-refractivity contribution in [2.75, 3.05) is 19.9 Å². The van der Waals surface area contributed by atoms with Gasteiger partial charge < -0.3 is 14.2 Å². The molecule has 0 radical (unpaired) electrons. The van der Waals surface area contributed by atoms with Crippen LogP contribution in [-0.4, -0.2) is 62.3 Å². The summed E-state index contributed by atoms with van der Waals surface area (Å²) in [5, 5.41) is 0. The molecule has 0 saturated carbocycles. The summed E-state index contributed by atoms with van der Waals surface area (Å²) in [6, 6.07) is 1.17. The number of nitrogens with one attached hydrogen (secondary N) is 2. The molecule has 0 aromatic carbocycles. The van der Waals surface area contributed by atoms with Crippen LogP contribution >= 0.6 is 0 Å². The van der Waals surface area contributed by atoms with Crippen molar-refractivity contribution in [3.63, 3.8) is 0 Å². The molecule has 0 spiro atoms. The lowest BCUT2D eigenvalue weighted by atomic mass is 10.1. The zero-order valence-electron chi connectivity index (χ0n) is 14.5. The Bertz CT molecular complexity index is 801. The molecule has 10 nitrogen and oxygen atoms in total. The van der Waals surface area contributed by atoms with Crippen molar-refractivity contribution in [3.8, 4) is 0 Å². The molecule has 11 heteroatoms. The van der Waals surface area contributed by atoms with Crippen molar-refractivity contribution >= 4 is 10.0 Å². The number of aromatic amines is 1. The highest BCUT2D eigenvalue weighted by atomic mass is 32.2. The highest BCUT2D eigenvalue weighted by Crippen LogP contribution is 2.33. The van der Waals surface area contributed by atoms with Crippen molar-refractivity contribution in [2.24, 2.45) is 0 Å². The Morgan fingerprint density at radius 3 is 2.56 bits per heavy atom. The molecule has 2 rings (SSSR count). The van der Waals surface area contributed by atoms with E-state index in [1.54, 1.807) is 13.8 Å². The third-order valence-electron chi connectivity index (χ3n) is 3.81. The SMILES string of the molecule is CNS(=O)(=O)C[C@H]1OC(n2ccc(=O)[nH]c2=O)[C@H](OC)[C@@H]1OC(C)C. The number of nitrogens with zero attached hydrogens (tertiary/aromatic N) is 1. The fourth-order valence-corrected chi connectivity index (χ4v) is 3.59. The summed E-state index contributed by atoms with van der Waals surface area (Å²) in [6.07, 6.45) is -2.17. The largest absolute Gasteiger partial charge is 0.374 e. The first-order valence-corrected chi connectivity index (χ1v) is 9.40. The van der Waals surface area contributed by atoms with E-state index in [2.05, 4.69) is 9.71 Å². The number of hydrogen-bond donors (Lipinski definition) is 2. The van der Waals surface area contributed by atoms with Crippen molar-refractivity contribution in [2.45, 2.75) is 44.5 Å². The Labute approximate surface area is 145 Å². The molecule has 1 aliphatic rings. The van der Waals surface area contributed by atoms with Gasteiger partial charge in [-0.2, -0.15) is 0 Å². The molecule has 2 heterocycles. The van der Waals surface area contributed by atoms with E-state index in [0.29, 0.717) is 0 Å². The van der Waals surface area contributed by atoms with Crippen LogP contribution in [0.15, 0.2) is 21.9 Å². The highest BCUT2D eigenvalue weighted by molar-refractivity contribution is 7.89. The smallest absolute Gasteiger partial charge is 0.330 e. The van der Waals surface area contributed by atoms with Gasteiger partial charge in [0.05, 0.1) is 11.9 Å². The number of rotatable bonds is 7. The number of methoxy groups -OCH3 is 1. The lowest BCUT2D eigenvalue weighted by molar-refractivity contribution is -0.0777. The third-order valence-corrected chi connectivity index (χ3v) is 5.20. The second-order valence-electron chi connectivity index (χ2n) is 5.92. The topological polar surface area (TPSA) is 129 Å². The van der Waals surface area contributed by atoms with Crippen LogP contribution in [0.5, 0.6) is 0 Å². The molecular weight excluding hydrogens is 354 g/mol. The molecule has 25 heavy (non-hydrogen) atoms. The van der Waals surface area contributed by atoms with E-state index in [9.17, 15) is 18.0 Å². The normalized spacial score (nSPS) is 27.1. The number of hydrogen-bond acceptors (Lipinski definition) is 7. The second kappa shape index (κ2) is 7.79. The Hall–Kier alpha value is -1.53. The van der Waals surface area contributed by atoms with Crippen LogP contribution in [0.2, 0.25) is 0 Å². The minimum Gasteiger partial charge on any atom is -0.374 e. The Morgan fingerprint density at radius 1 is 1.36 bits per heavy atom. The molecule has 0 aliphatic carbocycles. The van der Waals surface area contributed by atoms with Crippen LogP contribution in [0, 0.1) is 0 Å². The molecule has 142 valence electrons. The zero-order chi connectivity index (χ0) is 18.8. The van der Waals surface area contributed by atoms with Gasteiger partial charge in [0.2, 0.25) is 10.0 Å². The van der Waals surface area contributed by atoms with Gasteiger partial charge >= 0.3 is 5.69 Å². The first-order chi connectivity index (χ1) is 11.7. The standard InChI is InChI=1S/C14H23N3O7S/c1-8(2)23-11-9(7-25(20,21)15-3)24-13(12(11)22-4)17-6-5-10(18)16-14(17)19/h5-6,8-9,11-13,15H,7H2,1-4H3,(H,16,18,19)/t9-,11-,12-,13?/m1/s1. The van der Waals surface area contributed by atoms with Gasteiger partial charge in [-0.15, -0.1) is 0 Å². The van der Waals surface area contributed by atoms with Gasteiger partial charge in [0.25, 0.3) is 5.56 Å². The monoisotopic (exact) mass is 377 g/mol. The molecule has 1 saturated heterocycles. The maximum Gasteiger partial charge on any atom is 0.330 e. The van der Waals surface area contributed by atoms with Gasteiger partial charge in [-0.05, 0) is 20.9 Å². The average Bonchev–Trinajstić information content (AvgIpc) is 2.83. The molecule has 1 aromatic heterocycles. The van der Waals surface area contributed by atoms with Crippen LogP contribution in [0.4, 0.5) is 0 Å². The highest BCUT2D eigenvalue weighted by Gasteiger charge is 2.48. The van der Waals surface area contributed by atoms with E-state index < -0.39 is 45.8 Å². The quantitative estimate of drug-likeness (QED) is 0.610. The maximum absolute atomic E-state index is 12.1.